The summed E-state index contributed by atoms with van der Waals surface area (Å²) in [5.41, 5.74) is 4.24. The van der Waals surface area contributed by atoms with E-state index in [1.54, 1.807) is 0 Å². The topological polar surface area (TPSA) is 51.2 Å². The number of rotatable bonds is 11. The van der Waals surface area contributed by atoms with Crippen LogP contribution in [-0.4, -0.2) is 17.5 Å². The van der Waals surface area contributed by atoms with E-state index in [-0.39, 0.29) is 23.3 Å². The predicted molar refractivity (Wildman–Crippen MR) is 148 cm³/mol. The molecule has 1 aromatic heterocycles. The third kappa shape index (κ3) is 8.81. The highest BCUT2D eigenvalue weighted by atomic mass is 32.1. The minimum absolute atomic E-state index is 0.0428. The first-order valence-corrected chi connectivity index (χ1v) is 13.4. The summed E-state index contributed by atoms with van der Waals surface area (Å²) in [6.45, 7) is 13.5. The van der Waals surface area contributed by atoms with Crippen molar-refractivity contribution in [1.29, 1.82) is 0 Å². The summed E-state index contributed by atoms with van der Waals surface area (Å²) in [5, 5.41) is 3.46. The number of carbonyl (C=O) groups excluding carboxylic acids is 1. The Hall–Kier alpha value is -2.66. The van der Waals surface area contributed by atoms with Crippen LogP contribution in [0, 0.1) is 5.41 Å². The Morgan fingerprint density at radius 1 is 0.971 bits per heavy atom. The van der Waals surface area contributed by atoms with Gasteiger partial charge >= 0.3 is 0 Å². The van der Waals surface area contributed by atoms with E-state index >= 15 is 0 Å². The molecule has 0 unspecified atom stereocenters. The van der Waals surface area contributed by atoms with Gasteiger partial charge in [0, 0.05) is 17.5 Å². The number of unbranched alkanes of at least 4 members (excludes halogenated alkanes) is 1. The molecule has 0 spiro atoms. The second-order valence-corrected chi connectivity index (χ2v) is 12.3. The van der Waals surface area contributed by atoms with Crippen molar-refractivity contribution in [3.63, 3.8) is 0 Å². The van der Waals surface area contributed by atoms with Crippen LogP contribution in [0.15, 0.2) is 54.7 Å². The van der Waals surface area contributed by atoms with Gasteiger partial charge in [-0.1, -0.05) is 84.4 Å². The van der Waals surface area contributed by atoms with Crippen molar-refractivity contribution in [2.75, 3.05) is 11.9 Å². The number of nitrogens with one attached hydrogen (secondary N) is 1. The van der Waals surface area contributed by atoms with E-state index in [2.05, 4.69) is 88.2 Å². The fraction of sp³-hybridized carbons (Fsp3) is 0.467. The number of benzene rings is 2. The molecule has 1 heterocycles. The molecule has 0 aliphatic carbocycles. The summed E-state index contributed by atoms with van der Waals surface area (Å²) in [7, 11) is 0. The standard InChI is InChI=1S/C30H40N2O2S/c1-7-8-9-22-10-12-23(13-11-22)18-26-19-31-28(35-26)32-27(33)20-34-25-16-14-24(15-17-25)30(5,6)21-29(2,3)4/h10-17,19H,7-9,18,20-21H2,1-6H3,(H,31,32,33). The zero-order valence-electron chi connectivity index (χ0n) is 22.1. The Kier molecular flexibility index (Phi) is 9.12. The summed E-state index contributed by atoms with van der Waals surface area (Å²) >= 11 is 1.51. The smallest absolute Gasteiger partial charge is 0.264 e. The summed E-state index contributed by atoms with van der Waals surface area (Å²) in [6, 6.07) is 16.9. The van der Waals surface area contributed by atoms with Crippen LogP contribution in [-0.2, 0) is 23.1 Å². The van der Waals surface area contributed by atoms with Gasteiger partial charge in [0.15, 0.2) is 11.7 Å². The van der Waals surface area contributed by atoms with E-state index in [1.807, 2.05) is 18.3 Å². The maximum Gasteiger partial charge on any atom is 0.264 e. The average molecular weight is 493 g/mol. The van der Waals surface area contributed by atoms with Crippen molar-refractivity contribution in [3.05, 3.63) is 76.3 Å². The lowest BCUT2D eigenvalue weighted by Gasteiger charge is -2.33. The molecule has 0 bridgehead atoms. The minimum atomic E-state index is -0.205. The van der Waals surface area contributed by atoms with Crippen molar-refractivity contribution < 1.29 is 9.53 Å². The van der Waals surface area contributed by atoms with Crippen molar-refractivity contribution in [1.82, 2.24) is 4.98 Å². The predicted octanol–water partition coefficient (Wildman–Crippen LogP) is 7.81. The fourth-order valence-electron chi connectivity index (χ4n) is 4.59. The molecule has 1 N–H and O–H groups in total. The average Bonchev–Trinajstić information content (AvgIpc) is 3.22. The van der Waals surface area contributed by atoms with Gasteiger partial charge in [-0.3, -0.25) is 10.1 Å². The largest absolute Gasteiger partial charge is 0.484 e. The lowest BCUT2D eigenvalue weighted by Crippen LogP contribution is -2.24. The zero-order chi connectivity index (χ0) is 25.5. The number of aryl methyl sites for hydroxylation is 1. The first-order valence-electron chi connectivity index (χ1n) is 12.6. The highest BCUT2D eigenvalue weighted by Crippen LogP contribution is 2.36. The number of nitrogens with zero attached hydrogens (tertiary/aromatic N) is 1. The van der Waals surface area contributed by atoms with Crippen molar-refractivity contribution >= 4 is 22.4 Å². The molecule has 0 radical (unpaired) electrons. The van der Waals surface area contributed by atoms with Crippen molar-refractivity contribution in [2.24, 2.45) is 5.41 Å². The van der Waals surface area contributed by atoms with Crippen molar-refractivity contribution in [2.45, 2.75) is 79.1 Å². The molecule has 0 aliphatic heterocycles. The maximum absolute atomic E-state index is 12.4. The van der Waals surface area contributed by atoms with E-state index in [0.29, 0.717) is 10.9 Å². The Morgan fingerprint density at radius 3 is 2.26 bits per heavy atom. The number of ether oxygens (including phenoxy) is 1. The number of amides is 1. The summed E-state index contributed by atoms with van der Waals surface area (Å²) in [5.74, 6) is 0.487. The van der Waals surface area contributed by atoms with E-state index in [9.17, 15) is 4.79 Å². The Labute approximate surface area is 215 Å². The van der Waals surface area contributed by atoms with Gasteiger partial charge in [0.2, 0.25) is 0 Å². The Morgan fingerprint density at radius 2 is 1.63 bits per heavy atom. The summed E-state index contributed by atoms with van der Waals surface area (Å²) < 4.78 is 5.71. The first kappa shape index (κ1) is 26.9. The molecule has 4 nitrogen and oxygen atoms in total. The molecule has 0 aliphatic rings. The second-order valence-electron chi connectivity index (χ2n) is 11.2. The van der Waals surface area contributed by atoms with Crippen LogP contribution >= 0.6 is 11.3 Å². The fourth-order valence-corrected chi connectivity index (χ4v) is 5.45. The molecule has 0 saturated carbocycles. The van der Waals surface area contributed by atoms with Crippen LogP contribution in [0.4, 0.5) is 5.13 Å². The molecule has 1 amide bonds. The highest BCUT2D eigenvalue weighted by Gasteiger charge is 2.27. The summed E-state index contributed by atoms with van der Waals surface area (Å²) in [4.78, 5) is 17.9. The van der Waals surface area contributed by atoms with Crippen LogP contribution in [0.3, 0.4) is 0 Å². The maximum atomic E-state index is 12.4. The monoisotopic (exact) mass is 492 g/mol. The number of aromatic nitrogens is 1. The number of hydrogen-bond donors (Lipinski definition) is 1. The number of carbonyl (C=O) groups is 1. The third-order valence-electron chi connectivity index (χ3n) is 6.00. The molecule has 0 saturated heterocycles. The molecule has 0 fully saturated rings. The number of thiazole rings is 1. The molecule has 0 atom stereocenters. The molecular formula is C30H40N2O2S. The SMILES string of the molecule is CCCCc1ccc(Cc2cnc(NC(=O)COc3ccc(C(C)(C)CC(C)(C)C)cc3)s2)cc1. The molecular weight excluding hydrogens is 452 g/mol. The molecule has 2 aromatic carbocycles. The van der Waals surface area contributed by atoms with Crippen LogP contribution in [0.2, 0.25) is 0 Å². The van der Waals surface area contributed by atoms with E-state index in [4.69, 9.17) is 4.74 Å². The Balaban J connectivity index is 1.47. The van der Waals surface area contributed by atoms with Gasteiger partial charge in [-0.2, -0.15) is 0 Å². The second kappa shape index (κ2) is 11.9. The van der Waals surface area contributed by atoms with E-state index < -0.39 is 0 Å². The van der Waals surface area contributed by atoms with Crippen molar-refractivity contribution in [3.8, 4) is 5.75 Å². The molecule has 3 aromatic rings. The minimum Gasteiger partial charge on any atom is -0.484 e. The van der Waals surface area contributed by atoms with E-state index in [0.717, 1.165) is 24.1 Å². The molecule has 188 valence electrons. The van der Waals surface area contributed by atoms with Gasteiger partial charge in [-0.05, 0) is 58.9 Å². The molecule has 3 rings (SSSR count). The molecule has 5 heteroatoms. The first-order chi connectivity index (χ1) is 16.5. The van der Waals surface area contributed by atoms with Crippen LogP contribution in [0.5, 0.6) is 5.75 Å². The zero-order valence-corrected chi connectivity index (χ0v) is 22.9. The number of anilines is 1. The van der Waals surface area contributed by atoms with Crippen LogP contribution in [0.25, 0.3) is 0 Å². The number of hydrogen-bond acceptors (Lipinski definition) is 4. The lowest BCUT2D eigenvalue weighted by molar-refractivity contribution is -0.118. The third-order valence-corrected chi connectivity index (χ3v) is 6.91. The lowest BCUT2D eigenvalue weighted by atomic mass is 9.72. The van der Waals surface area contributed by atoms with Gasteiger partial charge in [0.1, 0.15) is 5.75 Å². The highest BCUT2D eigenvalue weighted by molar-refractivity contribution is 7.15. The van der Waals surface area contributed by atoms with Crippen LogP contribution < -0.4 is 10.1 Å². The van der Waals surface area contributed by atoms with Crippen LogP contribution in [0.1, 0.15) is 82.4 Å². The van der Waals surface area contributed by atoms with Gasteiger partial charge in [-0.25, -0.2) is 4.98 Å². The van der Waals surface area contributed by atoms with Gasteiger partial charge in [-0.15, -0.1) is 11.3 Å². The molecule has 35 heavy (non-hydrogen) atoms. The van der Waals surface area contributed by atoms with Gasteiger partial charge in [0.25, 0.3) is 5.91 Å². The van der Waals surface area contributed by atoms with E-state index in [1.165, 1.54) is 40.9 Å². The van der Waals surface area contributed by atoms with Gasteiger partial charge < -0.3 is 4.74 Å². The van der Waals surface area contributed by atoms with Gasteiger partial charge in [0.05, 0.1) is 0 Å². The summed E-state index contributed by atoms with van der Waals surface area (Å²) in [6.07, 6.45) is 7.31. The normalized spacial score (nSPS) is 11.9. The Bertz CT molecular complexity index is 1080. The quantitative estimate of drug-likeness (QED) is 0.297.